The highest BCUT2D eigenvalue weighted by atomic mass is 19.1. The Hall–Kier alpha value is -4.19. The molecule has 5 nitrogen and oxygen atoms in total. The molecule has 0 fully saturated rings. The molecular weight excluding hydrogens is 427 g/mol. The van der Waals surface area contributed by atoms with Crippen molar-refractivity contribution in [3.63, 3.8) is 0 Å². The van der Waals surface area contributed by atoms with Crippen molar-refractivity contribution in [2.24, 2.45) is 0 Å². The average molecular weight is 453 g/mol. The molecule has 0 saturated heterocycles. The molecule has 0 radical (unpaired) electrons. The first-order chi connectivity index (χ1) is 16.5. The molecule has 5 aromatic rings. The van der Waals surface area contributed by atoms with E-state index in [0.29, 0.717) is 23.4 Å². The lowest BCUT2D eigenvalue weighted by atomic mass is 10.1. The quantitative estimate of drug-likeness (QED) is 0.347. The van der Waals surface area contributed by atoms with E-state index in [-0.39, 0.29) is 11.7 Å². The highest BCUT2D eigenvalue weighted by molar-refractivity contribution is 6.06. The predicted octanol–water partition coefficient (Wildman–Crippen LogP) is 5.94. The van der Waals surface area contributed by atoms with Crippen molar-refractivity contribution in [3.05, 3.63) is 119 Å². The minimum absolute atomic E-state index is 0.208. The fourth-order valence-electron chi connectivity index (χ4n) is 4.28. The number of nitrogens with zero attached hydrogens (tertiary/aromatic N) is 3. The van der Waals surface area contributed by atoms with Crippen molar-refractivity contribution in [1.29, 1.82) is 0 Å². The van der Waals surface area contributed by atoms with Crippen molar-refractivity contribution in [2.75, 3.05) is 5.32 Å². The van der Waals surface area contributed by atoms with Gasteiger partial charge in [0.25, 0.3) is 5.91 Å². The van der Waals surface area contributed by atoms with E-state index in [0.717, 1.165) is 17.4 Å². The van der Waals surface area contributed by atoms with Gasteiger partial charge in [-0.15, -0.1) is 0 Å². The van der Waals surface area contributed by atoms with Crippen LogP contribution in [0.25, 0.3) is 10.9 Å². The van der Waals surface area contributed by atoms with E-state index in [9.17, 15) is 9.18 Å². The van der Waals surface area contributed by atoms with Gasteiger partial charge in [-0.05, 0) is 49.2 Å². The Labute approximate surface area is 197 Å². The second-order valence-electron chi connectivity index (χ2n) is 8.49. The molecule has 34 heavy (non-hydrogen) atoms. The molecule has 5 rings (SSSR count). The Morgan fingerprint density at radius 2 is 1.74 bits per heavy atom. The summed E-state index contributed by atoms with van der Waals surface area (Å²) in [5, 5.41) is 8.22. The normalized spacial score (nSPS) is 11.1. The van der Waals surface area contributed by atoms with Gasteiger partial charge in [0.15, 0.2) is 0 Å². The number of amides is 1. The van der Waals surface area contributed by atoms with Gasteiger partial charge < -0.3 is 9.88 Å². The van der Waals surface area contributed by atoms with Crippen LogP contribution in [0.2, 0.25) is 0 Å². The van der Waals surface area contributed by atoms with Crippen LogP contribution in [0.3, 0.4) is 0 Å². The SMILES string of the molecule is Cc1c(C)n(Cc2ccccc2)c2ccc(C(=O)Nc3cnn(Cc4ccccc4F)c3)cc12. The fraction of sp³-hybridized carbons (Fsp3) is 0.143. The molecular formula is C28H25FN4O. The van der Waals surface area contributed by atoms with Gasteiger partial charge in [0, 0.05) is 40.5 Å². The lowest BCUT2D eigenvalue weighted by Gasteiger charge is -2.09. The van der Waals surface area contributed by atoms with Crippen LogP contribution >= 0.6 is 0 Å². The molecule has 2 aromatic heterocycles. The van der Waals surface area contributed by atoms with Gasteiger partial charge in [-0.3, -0.25) is 9.48 Å². The number of rotatable bonds is 6. The molecule has 3 aromatic carbocycles. The molecule has 0 atom stereocenters. The van der Waals surface area contributed by atoms with Crippen LogP contribution in [-0.4, -0.2) is 20.3 Å². The maximum Gasteiger partial charge on any atom is 0.255 e. The van der Waals surface area contributed by atoms with E-state index in [1.54, 1.807) is 35.3 Å². The smallest absolute Gasteiger partial charge is 0.255 e. The third-order valence-electron chi connectivity index (χ3n) is 6.27. The molecule has 2 heterocycles. The van der Waals surface area contributed by atoms with Gasteiger partial charge >= 0.3 is 0 Å². The van der Waals surface area contributed by atoms with E-state index in [1.165, 1.54) is 22.9 Å². The molecule has 0 aliphatic heterocycles. The summed E-state index contributed by atoms with van der Waals surface area (Å²) >= 11 is 0. The maximum absolute atomic E-state index is 13.9. The Kier molecular flexibility index (Phi) is 5.72. The molecule has 0 unspecified atom stereocenters. The molecule has 6 heteroatoms. The molecule has 0 aliphatic rings. The summed E-state index contributed by atoms with van der Waals surface area (Å²) in [7, 11) is 0. The maximum atomic E-state index is 13.9. The largest absolute Gasteiger partial charge is 0.340 e. The third kappa shape index (κ3) is 4.22. The number of carbonyl (C=O) groups excluding carboxylic acids is 1. The molecule has 0 bridgehead atoms. The minimum Gasteiger partial charge on any atom is -0.340 e. The first-order valence-electron chi connectivity index (χ1n) is 11.2. The van der Waals surface area contributed by atoms with Gasteiger partial charge in [0.2, 0.25) is 0 Å². The Morgan fingerprint density at radius 3 is 2.53 bits per heavy atom. The van der Waals surface area contributed by atoms with Crippen molar-refractivity contribution in [2.45, 2.75) is 26.9 Å². The fourth-order valence-corrected chi connectivity index (χ4v) is 4.28. The van der Waals surface area contributed by atoms with E-state index in [1.807, 2.05) is 36.4 Å². The molecule has 0 spiro atoms. The van der Waals surface area contributed by atoms with Gasteiger partial charge in [0.1, 0.15) is 5.82 Å². The number of nitrogens with one attached hydrogen (secondary N) is 1. The summed E-state index contributed by atoms with van der Waals surface area (Å²) in [6.45, 7) is 5.28. The first kappa shape index (κ1) is 21.6. The minimum atomic E-state index is -0.276. The number of aryl methyl sites for hydroxylation is 1. The molecule has 0 saturated carbocycles. The zero-order valence-corrected chi connectivity index (χ0v) is 19.1. The number of aromatic nitrogens is 3. The van der Waals surface area contributed by atoms with Gasteiger partial charge in [-0.1, -0.05) is 48.5 Å². The van der Waals surface area contributed by atoms with Gasteiger partial charge in [-0.25, -0.2) is 4.39 Å². The van der Waals surface area contributed by atoms with Crippen LogP contribution in [0.5, 0.6) is 0 Å². The van der Waals surface area contributed by atoms with Crippen molar-refractivity contribution in [3.8, 4) is 0 Å². The lowest BCUT2D eigenvalue weighted by molar-refractivity contribution is 0.102. The number of halogens is 1. The van der Waals surface area contributed by atoms with Crippen LogP contribution in [-0.2, 0) is 13.1 Å². The van der Waals surface area contributed by atoms with Crippen LogP contribution in [0.4, 0.5) is 10.1 Å². The van der Waals surface area contributed by atoms with E-state index < -0.39 is 0 Å². The summed E-state index contributed by atoms with van der Waals surface area (Å²) in [6, 6.07) is 22.7. The number of hydrogen-bond acceptors (Lipinski definition) is 2. The summed E-state index contributed by atoms with van der Waals surface area (Å²) in [6.07, 6.45) is 3.28. The predicted molar refractivity (Wildman–Crippen MR) is 133 cm³/mol. The van der Waals surface area contributed by atoms with Crippen LogP contribution in [0, 0.1) is 19.7 Å². The van der Waals surface area contributed by atoms with Gasteiger partial charge in [0.05, 0.1) is 18.4 Å². The summed E-state index contributed by atoms with van der Waals surface area (Å²) in [5.74, 6) is -0.484. The van der Waals surface area contributed by atoms with Crippen molar-refractivity contribution < 1.29 is 9.18 Å². The van der Waals surface area contributed by atoms with Gasteiger partial charge in [-0.2, -0.15) is 5.10 Å². The Bertz CT molecular complexity index is 1480. The monoisotopic (exact) mass is 452 g/mol. The standard InChI is InChI=1S/C28H25FN4O/c1-19-20(2)33(16-21-8-4-3-5-9-21)27-13-12-22(14-25(19)27)28(34)31-24-15-30-32(18-24)17-23-10-6-7-11-26(23)29/h3-15,18H,16-17H2,1-2H3,(H,31,34). The first-order valence-corrected chi connectivity index (χ1v) is 11.2. The lowest BCUT2D eigenvalue weighted by Crippen LogP contribution is -2.11. The van der Waals surface area contributed by atoms with Crippen molar-refractivity contribution >= 4 is 22.5 Å². The molecule has 0 aliphatic carbocycles. The molecule has 1 N–H and O–H groups in total. The molecule has 1 amide bonds. The average Bonchev–Trinajstić information content (AvgIpc) is 3.38. The summed E-state index contributed by atoms with van der Waals surface area (Å²) in [4.78, 5) is 13.0. The molecule has 170 valence electrons. The summed E-state index contributed by atoms with van der Waals surface area (Å²) in [5.41, 5.74) is 6.37. The zero-order chi connectivity index (χ0) is 23.7. The van der Waals surface area contributed by atoms with E-state index >= 15 is 0 Å². The zero-order valence-electron chi connectivity index (χ0n) is 19.1. The Balaban J connectivity index is 1.35. The number of anilines is 1. The number of fused-ring (bicyclic) bond motifs is 1. The van der Waals surface area contributed by atoms with E-state index in [4.69, 9.17) is 0 Å². The summed E-state index contributed by atoms with van der Waals surface area (Å²) < 4.78 is 17.8. The second-order valence-corrected chi connectivity index (χ2v) is 8.49. The third-order valence-corrected chi connectivity index (χ3v) is 6.27. The number of benzene rings is 3. The topological polar surface area (TPSA) is 51.9 Å². The highest BCUT2D eigenvalue weighted by Gasteiger charge is 2.15. The second kappa shape index (κ2) is 8.98. The van der Waals surface area contributed by atoms with Crippen LogP contribution in [0.1, 0.15) is 32.7 Å². The highest BCUT2D eigenvalue weighted by Crippen LogP contribution is 2.27. The Morgan fingerprint density at radius 1 is 0.971 bits per heavy atom. The van der Waals surface area contributed by atoms with E-state index in [2.05, 4.69) is 41.0 Å². The van der Waals surface area contributed by atoms with Crippen molar-refractivity contribution in [1.82, 2.24) is 14.3 Å². The van der Waals surface area contributed by atoms with Crippen LogP contribution < -0.4 is 5.32 Å². The van der Waals surface area contributed by atoms with Crippen LogP contribution in [0.15, 0.2) is 85.2 Å². The number of hydrogen-bond donors (Lipinski definition) is 1. The number of carbonyl (C=O) groups is 1.